The van der Waals surface area contributed by atoms with Crippen LogP contribution in [-0.4, -0.2) is 42.8 Å². The maximum atomic E-state index is 12.6. The van der Waals surface area contributed by atoms with Crippen molar-refractivity contribution in [1.82, 2.24) is 5.06 Å². The Kier molecular flexibility index (Phi) is 6.01. The van der Waals surface area contributed by atoms with Crippen LogP contribution in [0, 0.1) is 5.41 Å². The molecule has 9 nitrogen and oxygen atoms in total. The number of rotatable bonds is 5. The van der Waals surface area contributed by atoms with Crippen LogP contribution in [-0.2, 0) is 9.63 Å². The third-order valence-electron chi connectivity index (χ3n) is 4.77. The van der Waals surface area contributed by atoms with Crippen molar-refractivity contribution in [2.24, 2.45) is 4.99 Å². The second kappa shape index (κ2) is 8.91. The molecule has 1 N–H and O–H groups in total. The highest BCUT2D eigenvalue weighted by Gasteiger charge is 2.34. The quantitative estimate of drug-likeness (QED) is 0.364. The lowest BCUT2D eigenvalue weighted by Crippen LogP contribution is -2.38. The molecule has 0 saturated carbocycles. The van der Waals surface area contributed by atoms with Crippen molar-refractivity contribution >= 4 is 45.6 Å². The van der Waals surface area contributed by atoms with Gasteiger partial charge in [-0.05, 0) is 64.8 Å². The van der Waals surface area contributed by atoms with Crippen LogP contribution in [0.15, 0.2) is 63.3 Å². The fourth-order valence-corrected chi connectivity index (χ4v) is 3.66. The van der Waals surface area contributed by atoms with Crippen molar-refractivity contribution in [3.8, 4) is 17.2 Å². The zero-order chi connectivity index (χ0) is 23.7. The van der Waals surface area contributed by atoms with Gasteiger partial charge in [-0.15, -0.1) is 5.06 Å². The average Bonchev–Trinajstić information content (AvgIpc) is 3.17. The largest absolute Gasteiger partial charge is 0.493 e. The van der Waals surface area contributed by atoms with Crippen LogP contribution < -0.4 is 14.2 Å². The van der Waals surface area contributed by atoms with E-state index < -0.39 is 11.9 Å². The number of amides is 1. The molecule has 2 aliphatic rings. The van der Waals surface area contributed by atoms with Gasteiger partial charge in [0.05, 0.1) is 29.8 Å². The van der Waals surface area contributed by atoms with Gasteiger partial charge in [-0.25, -0.2) is 4.79 Å². The predicted octanol–water partition coefficient (Wildman–Crippen LogP) is 4.14. The number of ether oxygens (including phenoxy) is 3. The third kappa shape index (κ3) is 4.37. The highest BCUT2D eigenvalue weighted by Crippen LogP contribution is 2.31. The summed E-state index contributed by atoms with van der Waals surface area (Å²) in [4.78, 5) is 34.4. The summed E-state index contributed by atoms with van der Waals surface area (Å²) in [6.45, 7) is 1.71. The maximum Gasteiger partial charge on any atom is 0.343 e. The smallest absolute Gasteiger partial charge is 0.343 e. The summed E-state index contributed by atoms with van der Waals surface area (Å²) in [5.74, 6) is 0.768. The Morgan fingerprint density at radius 3 is 2.55 bits per heavy atom. The summed E-state index contributed by atoms with van der Waals surface area (Å²) in [6.07, 6.45) is 3.11. The van der Waals surface area contributed by atoms with Gasteiger partial charge in [0, 0.05) is 6.08 Å². The van der Waals surface area contributed by atoms with Gasteiger partial charge in [-0.3, -0.25) is 10.2 Å². The minimum Gasteiger partial charge on any atom is -0.493 e. The molecule has 0 spiro atoms. The van der Waals surface area contributed by atoms with E-state index >= 15 is 0 Å². The van der Waals surface area contributed by atoms with Crippen LogP contribution in [0.3, 0.4) is 0 Å². The number of hydroxylamine groups is 2. The molecule has 10 heteroatoms. The summed E-state index contributed by atoms with van der Waals surface area (Å²) in [5.41, 5.74) is 0.961. The monoisotopic (exact) mass is 511 g/mol. The fraction of sp³-hybridized carbons (Fsp3) is 0.130. The lowest BCUT2D eigenvalue weighted by molar-refractivity contribution is -0.114. The second-order valence-electron chi connectivity index (χ2n) is 6.97. The molecule has 0 aromatic heterocycles. The number of nitrogens with zero attached hydrogens (tertiary/aromatic N) is 2. The van der Waals surface area contributed by atoms with E-state index in [0.29, 0.717) is 27.3 Å². The normalized spacial score (nSPS) is 16.1. The highest BCUT2D eigenvalue weighted by molar-refractivity contribution is 9.10. The van der Waals surface area contributed by atoms with E-state index in [-0.39, 0.29) is 28.6 Å². The van der Waals surface area contributed by atoms with E-state index in [1.165, 1.54) is 31.4 Å². The van der Waals surface area contributed by atoms with Crippen molar-refractivity contribution in [3.05, 3.63) is 69.4 Å². The average molecular weight is 512 g/mol. The van der Waals surface area contributed by atoms with Gasteiger partial charge in [-0.1, -0.05) is 6.07 Å². The predicted molar refractivity (Wildman–Crippen MR) is 123 cm³/mol. The molecule has 2 heterocycles. The highest BCUT2D eigenvalue weighted by atomic mass is 79.9. The zero-order valence-electron chi connectivity index (χ0n) is 17.8. The minimum atomic E-state index is -0.581. The van der Waals surface area contributed by atoms with E-state index in [2.05, 4.69) is 20.9 Å². The molecular formula is C23H18BrN3O6. The van der Waals surface area contributed by atoms with Crippen molar-refractivity contribution in [2.75, 3.05) is 14.2 Å². The molecule has 0 bridgehead atoms. The molecule has 1 amide bonds. The molecule has 33 heavy (non-hydrogen) atoms. The van der Waals surface area contributed by atoms with E-state index in [0.717, 1.165) is 0 Å². The van der Waals surface area contributed by atoms with Gasteiger partial charge in [0.2, 0.25) is 0 Å². The Labute approximate surface area is 197 Å². The number of fused-ring (bicyclic) bond motifs is 1. The minimum absolute atomic E-state index is 0.0730. The third-order valence-corrected chi connectivity index (χ3v) is 5.39. The number of allylic oxidation sites excluding steroid dienone is 1. The summed E-state index contributed by atoms with van der Waals surface area (Å²) in [7, 11) is 2.99. The van der Waals surface area contributed by atoms with Gasteiger partial charge < -0.3 is 19.0 Å². The molecule has 2 aromatic rings. The fourth-order valence-electron chi connectivity index (χ4n) is 3.18. The number of halogens is 1. The van der Waals surface area contributed by atoms with E-state index in [1.54, 1.807) is 43.3 Å². The zero-order valence-corrected chi connectivity index (χ0v) is 19.4. The Bertz CT molecular complexity index is 1280. The van der Waals surface area contributed by atoms with E-state index in [4.69, 9.17) is 24.5 Å². The molecule has 0 fully saturated rings. The summed E-state index contributed by atoms with van der Waals surface area (Å²) < 4.78 is 16.4. The van der Waals surface area contributed by atoms with Crippen molar-refractivity contribution in [2.45, 2.75) is 6.92 Å². The molecule has 168 valence electrons. The van der Waals surface area contributed by atoms with Gasteiger partial charge in [-0.2, -0.15) is 4.99 Å². The number of amidine groups is 2. The standard InChI is InChI=1S/C23H18BrN3O6/c1-12-8-20-26-22(28)15(21(25)27(20)33-12)9-13-4-6-17(16(24)10-13)32-23(29)14-5-7-18(30-2)19(11-14)31-3/h4-11,25H,1-3H3/b15-9+,25-21?. The first-order valence-electron chi connectivity index (χ1n) is 9.64. The van der Waals surface area contributed by atoms with Gasteiger partial charge in [0.1, 0.15) is 11.5 Å². The molecule has 0 radical (unpaired) electrons. The first-order valence-corrected chi connectivity index (χ1v) is 10.4. The number of benzene rings is 2. The van der Waals surface area contributed by atoms with Gasteiger partial charge in [0.15, 0.2) is 23.2 Å². The van der Waals surface area contributed by atoms with Crippen molar-refractivity contribution < 1.29 is 28.6 Å². The molecular weight excluding hydrogens is 494 g/mol. The summed E-state index contributed by atoms with van der Waals surface area (Å²) >= 11 is 3.39. The Morgan fingerprint density at radius 1 is 1.12 bits per heavy atom. The number of carbonyl (C=O) groups is 2. The number of hydrogen-bond acceptors (Lipinski definition) is 7. The number of carbonyl (C=O) groups excluding carboxylic acids is 2. The Morgan fingerprint density at radius 2 is 1.85 bits per heavy atom. The molecule has 0 aliphatic carbocycles. The first-order chi connectivity index (χ1) is 15.8. The maximum absolute atomic E-state index is 12.6. The lowest BCUT2D eigenvalue weighted by atomic mass is 10.1. The second-order valence-corrected chi connectivity index (χ2v) is 7.83. The molecule has 2 aromatic carbocycles. The Balaban J connectivity index is 1.54. The number of hydrogen-bond donors (Lipinski definition) is 1. The molecule has 4 rings (SSSR count). The molecule has 0 atom stereocenters. The van der Waals surface area contributed by atoms with Crippen LogP contribution in [0.1, 0.15) is 22.8 Å². The first kappa shape index (κ1) is 22.3. The van der Waals surface area contributed by atoms with Crippen LogP contribution in [0.2, 0.25) is 0 Å². The SMILES string of the molecule is COc1ccc(C(=O)Oc2ccc(/C=C3\C(=N)N4OC(C)=CC4=NC3=O)cc2Br)cc1OC. The molecule has 0 unspecified atom stereocenters. The summed E-state index contributed by atoms with van der Waals surface area (Å²) in [5, 5.41) is 9.48. The Hall–Kier alpha value is -3.92. The van der Waals surface area contributed by atoms with E-state index in [9.17, 15) is 9.59 Å². The van der Waals surface area contributed by atoms with Crippen LogP contribution in [0.5, 0.6) is 17.2 Å². The number of methoxy groups -OCH3 is 2. The number of nitrogens with one attached hydrogen (secondary N) is 1. The summed E-state index contributed by atoms with van der Waals surface area (Å²) in [6, 6.07) is 9.62. The van der Waals surface area contributed by atoms with Gasteiger partial charge in [0.25, 0.3) is 5.91 Å². The van der Waals surface area contributed by atoms with E-state index in [1.807, 2.05) is 0 Å². The van der Waals surface area contributed by atoms with Crippen LogP contribution >= 0.6 is 15.9 Å². The number of esters is 1. The van der Waals surface area contributed by atoms with Crippen LogP contribution in [0.4, 0.5) is 0 Å². The van der Waals surface area contributed by atoms with Gasteiger partial charge >= 0.3 is 5.97 Å². The lowest BCUT2D eigenvalue weighted by Gasteiger charge is -2.23. The van der Waals surface area contributed by atoms with Crippen molar-refractivity contribution in [3.63, 3.8) is 0 Å². The molecule has 2 aliphatic heterocycles. The number of aliphatic imine (C=N–C) groups is 1. The topological polar surface area (TPSA) is 111 Å². The van der Waals surface area contributed by atoms with Crippen LogP contribution in [0.25, 0.3) is 6.08 Å². The molecule has 0 saturated heterocycles. The van der Waals surface area contributed by atoms with Crippen molar-refractivity contribution in [1.29, 1.82) is 5.41 Å².